The zero-order valence-electron chi connectivity index (χ0n) is 20.2. The molecule has 170 valence electrons. The average Bonchev–Trinajstić information content (AvgIpc) is 3.18. The largest absolute Gasteiger partial charge is 0.377 e. The molecule has 1 heterocycles. The summed E-state index contributed by atoms with van der Waals surface area (Å²) >= 11 is 1.47. The highest BCUT2D eigenvalue weighted by Gasteiger charge is 2.26. The first kappa shape index (κ1) is 24.9. The Hall–Kier alpha value is -2.34. The highest BCUT2D eigenvalue weighted by Crippen LogP contribution is 2.28. The summed E-state index contributed by atoms with van der Waals surface area (Å²) in [6.07, 6.45) is 0.450. The maximum absolute atomic E-state index is 13.3. The SMILES string of the molecule is CC(C)C(C)N(Cc1cc(NC(=O)CC(C)(C)C)ccc1N(C)C)C(=O)c1cccs1. The lowest BCUT2D eigenvalue weighted by Gasteiger charge is -2.33. The molecule has 1 N–H and O–H groups in total. The topological polar surface area (TPSA) is 52.7 Å². The molecule has 1 unspecified atom stereocenters. The molecule has 0 saturated carbocycles. The number of benzene rings is 1. The molecule has 0 spiro atoms. The van der Waals surface area contributed by atoms with Crippen molar-refractivity contribution in [2.75, 3.05) is 24.3 Å². The summed E-state index contributed by atoms with van der Waals surface area (Å²) < 4.78 is 0. The van der Waals surface area contributed by atoms with Gasteiger partial charge in [0.2, 0.25) is 5.91 Å². The number of hydrogen-bond acceptors (Lipinski definition) is 4. The van der Waals surface area contributed by atoms with Gasteiger partial charge in [-0.2, -0.15) is 0 Å². The number of thiophene rings is 1. The second kappa shape index (κ2) is 10.3. The monoisotopic (exact) mass is 443 g/mol. The fourth-order valence-corrected chi connectivity index (χ4v) is 4.08. The van der Waals surface area contributed by atoms with E-state index in [2.05, 4.69) is 46.9 Å². The fraction of sp³-hybridized carbons (Fsp3) is 0.520. The highest BCUT2D eigenvalue weighted by atomic mass is 32.1. The molecular weight excluding hydrogens is 406 g/mol. The van der Waals surface area contributed by atoms with Crippen LogP contribution < -0.4 is 10.2 Å². The van der Waals surface area contributed by atoms with Gasteiger partial charge in [-0.15, -0.1) is 11.3 Å². The summed E-state index contributed by atoms with van der Waals surface area (Å²) in [6, 6.07) is 9.80. The summed E-state index contributed by atoms with van der Waals surface area (Å²) in [6.45, 7) is 13.0. The van der Waals surface area contributed by atoms with Crippen LogP contribution in [0.1, 0.15) is 63.2 Å². The molecule has 6 heteroatoms. The van der Waals surface area contributed by atoms with E-state index in [1.807, 2.05) is 59.6 Å². The minimum absolute atomic E-state index is 0.00174. The molecule has 0 aliphatic rings. The molecule has 1 aromatic heterocycles. The van der Waals surface area contributed by atoms with Crippen LogP contribution in [0.25, 0.3) is 0 Å². The summed E-state index contributed by atoms with van der Waals surface area (Å²) in [5.74, 6) is 0.364. The third-order valence-corrected chi connectivity index (χ3v) is 6.18. The van der Waals surface area contributed by atoms with Crippen LogP contribution in [-0.2, 0) is 11.3 Å². The van der Waals surface area contributed by atoms with E-state index in [4.69, 9.17) is 0 Å². The number of rotatable bonds is 8. The van der Waals surface area contributed by atoms with E-state index in [-0.39, 0.29) is 23.3 Å². The zero-order chi connectivity index (χ0) is 23.3. The van der Waals surface area contributed by atoms with Gasteiger partial charge in [0.15, 0.2) is 0 Å². The molecule has 0 saturated heterocycles. The summed E-state index contributed by atoms with van der Waals surface area (Å²) in [7, 11) is 3.99. The first-order valence-electron chi connectivity index (χ1n) is 10.8. The predicted octanol–water partition coefficient (Wildman–Crippen LogP) is 5.88. The normalized spacial score (nSPS) is 12.5. The minimum atomic E-state index is -0.0763. The highest BCUT2D eigenvalue weighted by molar-refractivity contribution is 7.12. The van der Waals surface area contributed by atoms with Gasteiger partial charge in [0.25, 0.3) is 5.91 Å². The van der Waals surface area contributed by atoms with Crippen LogP contribution in [0.15, 0.2) is 35.7 Å². The van der Waals surface area contributed by atoms with Gasteiger partial charge in [-0.05, 0) is 53.5 Å². The maximum Gasteiger partial charge on any atom is 0.264 e. The number of anilines is 2. The molecule has 2 rings (SSSR count). The Morgan fingerprint density at radius 1 is 1.10 bits per heavy atom. The van der Waals surface area contributed by atoms with Crippen molar-refractivity contribution in [3.05, 3.63) is 46.2 Å². The number of nitrogens with one attached hydrogen (secondary N) is 1. The van der Waals surface area contributed by atoms with Gasteiger partial charge in [-0.1, -0.05) is 40.7 Å². The van der Waals surface area contributed by atoms with E-state index in [0.717, 1.165) is 21.8 Å². The van der Waals surface area contributed by atoms with E-state index in [9.17, 15) is 9.59 Å². The van der Waals surface area contributed by atoms with Crippen molar-refractivity contribution in [3.8, 4) is 0 Å². The lowest BCUT2D eigenvalue weighted by Crippen LogP contribution is -2.41. The first-order valence-corrected chi connectivity index (χ1v) is 11.7. The van der Waals surface area contributed by atoms with Crippen LogP contribution in [0, 0.1) is 11.3 Å². The Labute approximate surface area is 191 Å². The molecule has 0 aliphatic heterocycles. The van der Waals surface area contributed by atoms with Crippen LogP contribution >= 0.6 is 11.3 Å². The Kier molecular flexibility index (Phi) is 8.29. The molecular formula is C25H37N3O2S. The van der Waals surface area contributed by atoms with Gasteiger partial charge in [-0.25, -0.2) is 0 Å². The summed E-state index contributed by atoms with van der Waals surface area (Å²) in [4.78, 5) is 30.5. The van der Waals surface area contributed by atoms with E-state index < -0.39 is 0 Å². The number of carbonyl (C=O) groups is 2. The second-order valence-corrected chi connectivity index (χ2v) is 10.9. The van der Waals surface area contributed by atoms with Crippen LogP contribution in [0.4, 0.5) is 11.4 Å². The number of carbonyl (C=O) groups excluding carboxylic acids is 2. The lowest BCUT2D eigenvalue weighted by atomic mass is 9.92. The van der Waals surface area contributed by atoms with Crippen LogP contribution in [0.3, 0.4) is 0 Å². The number of amides is 2. The van der Waals surface area contributed by atoms with Crippen molar-refractivity contribution in [1.82, 2.24) is 4.90 Å². The third kappa shape index (κ3) is 7.10. The van der Waals surface area contributed by atoms with Crippen LogP contribution in [0.5, 0.6) is 0 Å². The van der Waals surface area contributed by atoms with Gasteiger partial charge in [0.05, 0.1) is 4.88 Å². The van der Waals surface area contributed by atoms with Crippen molar-refractivity contribution in [3.63, 3.8) is 0 Å². The Bertz CT molecular complexity index is 883. The van der Waals surface area contributed by atoms with E-state index >= 15 is 0 Å². The van der Waals surface area contributed by atoms with Crippen molar-refractivity contribution in [2.45, 2.75) is 60.5 Å². The number of hydrogen-bond donors (Lipinski definition) is 1. The predicted molar refractivity (Wildman–Crippen MR) is 132 cm³/mol. The molecule has 0 aliphatic carbocycles. The van der Waals surface area contributed by atoms with Gasteiger partial charge >= 0.3 is 0 Å². The maximum atomic E-state index is 13.3. The molecule has 31 heavy (non-hydrogen) atoms. The fourth-order valence-electron chi connectivity index (χ4n) is 3.40. The molecule has 0 radical (unpaired) electrons. The van der Waals surface area contributed by atoms with Gasteiger partial charge in [0.1, 0.15) is 0 Å². The third-order valence-electron chi connectivity index (χ3n) is 5.33. The molecule has 0 fully saturated rings. The Morgan fingerprint density at radius 2 is 1.77 bits per heavy atom. The van der Waals surface area contributed by atoms with Crippen molar-refractivity contribution < 1.29 is 9.59 Å². The lowest BCUT2D eigenvalue weighted by molar-refractivity contribution is -0.117. The van der Waals surface area contributed by atoms with E-state index in [1.54, 1.807) is 0 Å². The van der Waals surface area contributed by atoms with Crippen LogP contribution in [-0.4, -0.2) is 36.9 Å². The number of nitrogens with zero attached hydrogens (tertiary/aromatic N) is 2. The quantitative estimate of drug-likeness (QED) is 0.555. The van der Waals surface area contributed by atoms with Gasteiger partial charge in [-0.3, -0.25) is 9.59 Å². The molecule has 0 bridgehead atoms. The first-order chi connectivity index (χ1) is 14.4. The van der Waals surface area contributed by atoms with Crippen LogP contribution in [0.2, 0.25) is 0 Å². The molecule has 2 aromatic rings. The average molecular weight is 444 g/mol. The van der Waals surface area contributed by atoms with E-state index in [1.165, 1.54) is 11.3 Å². The summed E-state index contributed by atoms with van der Waals surface area (Å²) in [5.41, 5.74) is 2.73. The van der Waals surface area contributed by atoms with Gasteiger partial charge < -0.3 is 15.1 Å². The molecule has 5 nitrogen and oxygen atoms in total. The Morgan fingerprint density at radius 3 is 2.29 bits per heavy atom. The molecule has 1 aromatic carbocycles. The van der Waals surface area contributed by atoms with Gasteiger partial charge in [0, 0.05) is 44.5 Å². The van der Waals surface area contributed by atoms with E-state index in [0.29, 0.717) is 18.9 Å². The van der Waals surface area contributed by atoms with Crippen molar-refractivity contribution in [2.24, 2.45) is 11.3 Å². The zero-order valence-corrected chi connectivity index (χ0v) is 21.0. The molecule has 1 atom stereocenters. The Balaban J connectivity index is 2.37. The second-order valence-electron chi connectivity index (χ2n) is 9.92. The summed E-state index contributed by atoms with van der Waals surface area (Å²) in [5, 5.41) is 4.96. The minimum Gasteiger partial charge on any atom is -0.377 e. The molecule has 2 amide bonds. The standard InChI is InChI=1S/C25H37N3O2S/c1-17(2)18(3)28(24(30)22-10-9-13-31-22)16-19-14-20(11-12-21(19)27(7)8)26-23(29)15-25(4,5)6/h9-14,17-18H,15-16H2,1-8H3,(H,26,29). The van der Waals surface area contributed by atoms with Crippen molar-refractivity contribution in [1.29, 1.82) is 0 Å². The van der Waals surface area contributed by atoms with Crippen molar-refractivity contribution >= 4 is 34.5 Å². The smallest absolute Gasteiger partial charge is 0.264 e.